The molecule has 21 heavy (non-hydrogen) atoms. The molecule has 1 aromatic carbocycles. The van der Waals surface area contributed by atoms with Crippen LogP contribution in [0.25, 0.3) is 0 Å². The lowest BCUT2D eigenvalue weighted by molar-refractivity contribution is -0.383. The number of thiophene rings is 1. The van der Waals surface area contributed by atoms with Crippen molar-refractivity contribution in [2.24, 2.45) is 0 Å². The number of benzene rings is 1. The summed E-state index contributed by atoms with van der Waals surface area (Å²) in [4.78, 5) is 33.1. The molecule has 2 rings (SSSR count). The normalized spacial score (nSPS) is 10.1. The summed E-state index contributed by atoms with van der Waals surface area (Å²) >= 11 is 1.35. The summed E-state index contributed by atoms with van der Waals surface area (Å²) in [6.07, 6.45) is 0. The second-order valence-electron chi connectivity index (χ2n) is 4.22. The predicted octanol–water partition coefficient (Wildman–Crippen LogP) is 2.92. The molecule has 8 heteroatoms. The maximum Gasteiger partial charge on any atom is 0.335 e. The molecule has 7 nitrogen and oxygen atoms in total. The van der Waals surface area contributed by atoms with E-state index in [2.05, 4.69) is 5.32 Å². The topological polar surface area (TPSA) is 110 Å². The first-order valence-corrected chi connectivity index (χ1v) is 6.70. The number of nitro benzene ring substituents is 1. The highest BCUT2D eigenvalue weighted by molar-refractivity contribution is 7.08. The lowest BCUT2D eigenvalue weighted by atomic mass is 10.1. The lowest BCUT2D eigenvalue weighted by Crippen LogP contribution is -2.13. The number of aromatic carboxylic acids is 1. The van der Waals surface area contributed by atoms with Gasteiger partial charge in [0.05, 0.1) is 16.1 Å². The van der Waals surface area contributed by atoms with E-state index in [1.807, 2.05) is 0 Å². The largest absolute Gasteiger partial charge is 0.478 e. The summed E-state index contributed by atoms with van der Waals surface area (Å²) in [6, 6.07) is 3.32. The Balaban J connectivity index is 2.36. The minimum atomic E-state index is -1.27. The lowest BCUT2D eigenvalue weighted by Gasteiger charge is -2.06. The molecule has 0 saturated carbocycles. The zero-order valence-electron chi connectivity index (χ0n) is 10.8. The van der Waals surface area contributed by atoms with Crippen molar-refractivity contribution in [3.05, 3.63) is 55.8 Å². The van der Waals surface area contributed by atoms with E-state index in [9.17, 15) is 19.7 Å². The maximum atomic E-state index is 12.0. The van der Waals surface area contributed by atoms with Gasteiger partial charge in [-0.2, -0.15) is 11.3 Å². The van der Waals surface area contributed by atoms with Gasteiger partial charge in [-0.05, 0) is 30.0 Å². The molecule has 0 aliphatic rings. The summed E-state index contributed by atoms with van der Waals surface area (Å²) in [7, 11) is 0. The van der Waals surface area contributed by atoms with Crippen molar-refractivity contribution >= 4 is 34.6 Å². The van der Waals surface area contributed by atoms with Crippen molar-refractivity contribution in [2.45, 2.75) is 6.92 Å². The molecule has 1 amide bonds. The fourth-order valence-electron chi connectivity index (χ4n) is 1.70. The molecule has 0 atom stereocenters. The van der Waals surface area contributed by atoms with Crippen LogP contribution in [-0.2, 0) is 0 Å². The zero-order valence-corrected chi connectivity index (χ0v) is 11.6. The van der Waals surface area contributed by atoms with Gasteiger partial charge in [-0.3, -0.25) is 14.9 Å². The van der Waals surface area contributed by atoms with Gasteiger partial charge in [0.25, 0.3) is 11.6 Å². The predicted molar refractivity (Wildman–Crippen MR) is 77.1 cm³/mol. The molecule has 2 N–H and O–H groups in total. The molecule has 0 bridgehead atoms. The van der Waals surface area contributed by atoms with Crippen LogP contribution in [0.15, 0.2) is 29.0 Å². The van der Waals surface area contributed by atoms with Crippen molar-refractivity contribution < 1.29 is 19.6 Å². The first-order chi connectivity index (χ1) is 9.90. The second kappa shape index (κ2) is 5.71. The third-order valence-corrected chi connectivity index (χ3v) is 3.65. The summed E-state index contributed by atoms with van der Waals surface area (Å²) in [5.74, 6) is -1.75. The number of hydrogen-bond acceptors (Lipinski definition) is 5. The van der Waals surface area contributed by atoms with Gasteiger partial charge in [0, 0.05) is 11.4 Å². The molecule has 0 aliphatic carbocycles. The number of nitrogens with zero attached hydrogens (tertiary/aromatic N) is 1. The Bertz CT molecular complexity index is 738. The van der Waals surface area contributed by atoms with Crippen LogP contribution in [0.3, 0.4) is 0 Å². The number of rotatable bonds is 4. The Kier molecular flexibility index (Phi) is 3.99. The van der Waals surface area contributed by atoms with Gasteiger partial charge in [0.2, 0.25) is 0 Å². The first kappa shape index (κ1) is 14.7. The van der Waals surface area contributed by atoms with Crippen molar-refractivity contribution in [1.82, 2.24) is 0 Å². The molecule has 0 radical (unpaired) electrons. The third-order valence-electron chi connectivity index (χ3n) is 2.79. The summed E-state index contributed by atoms with van der Waals surface area (Å²) < 4.78 is 0. The molecule has 108 valence electrons. The molecular weight excluding hydrogens is 296 g/mol. The van der Waals surface area contributed by atoms with Crippen LogP contribution in [-0.4, -0.2) is 21.9 Å². The van der Waals surface area contributed by atoms with Crippen molar-refractivity contribution in [1.29, 1.82) is 0 Å². The monoisotopic (exact) mass is 306 g/mol. The number of carbonyl (C=O) groups is 2. The van der Waals surface area contributed by atoms with Crippen LogP contribution in [0.5, 0.6) is 0 Å². The molecule has 0 fully saturated rings. The smallest absolute Gasteiger partial charge is 0.335 e. The molecule has 1 aromatic heterocycles. The number of aryl methyl sites for hydroxylation is 1. The van der Waals surface area contributed by atoms with E-state index in [0.717, 1.165) is 11.6 Å². The number of nitrogens with one attached hydrogen (secondary N) is 1. The Morgan fingerprint density at radius 1 is 1.33 bits per heavy atom. The molecule has 1 heterocycles. The van der Waals surface area contributed by atoms with Gasteiger partial charge in [-0.1, -0.05) is 0 Å². The standard InChI is InChI=1S/C13H10N2O5S/c1-7-5-21-6-9(7)12(16)14-10-3-2-8(13(17)18)4-11(10)15(19)20/h2-6H,1H3,(H,14,16)(H,17,18). The first-order valence-electron chi connectivity index (χ1n) is 5.76. The number of nitro groups is 1. The van der Waals surface area contributed by atoms with Gasteiger partial charge in [-0.25, -0.2) is 4.79 Å². The third kappa shape index (κ3) is 3.06. The van der Waals surface area contributed by atoms with Gasteiger partial charge < -0.3 is 10.4 Å². The molecule has 0 saturated heterocycles. The fourth-order valence-corrected chi connectivity index (χ4v) is 2.53. The van der Waals surface area contributed by atoms with E-state index >= 15 is 0 Å². The molecule has 0 spiro atoms. The molecular formula is C13H10N2O5S. The van der Waals surface area contributed by atoms with Crippen molar-refractivity contribution in [2.75, 3.05) is 5.32 Å². The number of hydrogen-bond donors (Lipinski definition) is 2. The quantitative estimate of drug-likeness (QED) is 0.666. The van der Waals surface area contributed by atoms with Crippen LogP contribution in [0.2, 0.25) is 0 Å². The Morgan fingerprint density at radius 3 is 2.57 bits per heavy atom. The summed E-state index contributed by atoms with van der Waals surface area (Å²) in [6.45, 7) is 1.76. The Hall–Kier alpha value is -2.74. The minimum absolute atomic E-state index is 0.0411. The fraction of sp³-hybridized carbons (Fsp3) is 0.0769. The van der Waals surface area contributed by atoms with E-state index in [4.69, 9.17) is 5.11 Å². The van der Waals surface area contributed by atoms with Gasteiger partial charge in [0.1, 0.15) is 5.69 Å². The number of anilines is 1. The minimum Gasteiger partial charge on any atom is -0.478 e. The van der Waals surface area contributed by atoms with Gasteiger partial charge in [-0.15, -0.1) is 0 Å². The Morgan fingerprint density at radius 2 is 2.05 bits per heavy atom. The van der Waals surface area contributed by atoms with Crippen molar-refractivity contribution in [3.8, 4) is 0 Å². The number of carbonyl (C=O) groups excluding carboxylic acids is 1. The van der Waals surface area contributed by atoms with Crippen molar-refractivity contribution in [3.63, 3.8) is 0 Å². The Labute approximate surface area is 123 Å². The molecule has 2 aromatic rings. The van der Waals surface area contributed by atoms with Crippen LogP contribution in [0.1, 0.15) is 26.3 Å². The highest BCUT2D eigenvalue weighted by Crippen LogP contribution is 2.27. The van der Waals surface area contributed by atoms with Gasteiger partial charge >= 0.3 is 5.97 Å². The molecule has 0 unspecified atom stereocenters. The van der Waals surface area contributed by atoms with Crippen LogP contribution < -0.4 is 5.32 Å². The van der Waals surface area contributed by atoms with Gasteiger partial charge in [0.15, 0.2) is 0 Å². The highest BCUT2D eigenvalue weighted by atomic mass is 32.1. The number of carboxylic acids is 1. The average Bonchev–Trinajstić information content (AvgIpc) is 2.85. The zero-order chi connectivity index (χ0) is 15.6. The van der Waals surface area contributed by atoms with E-state index in [1.165, 1.54) is 23.5 Å². The van der Waals surface area contributed by atoms with E-state index < -0.39 is 22.5 Å². The maximum absolute atomic E-state index is 12.0. The van der Waals surface area contributed by atoms with E-state index in [1.54, 1.807) is 17.7 Å². The van der Waals surface area contributed by atoms with Crippen LogP contribution >= 0.6 is 11.3 Å². The van der Waals surface area contributed by atoms with Crippen LogP contribution in [0, 0.1) is 17.0 Å². The van der Waals surface area contributed by atoms with Crippen LogP contribution in [0.4, 0.5) is 11.4 Å². The SMILES string of the molecule is Cc1cscc1C(=O)Nc1ccc(C(=O)O)cc1[N+](=O)[O-]. The van der Waals surface area contributed by atoms with E-state index in [-0.39, 0.29) is 11.3 Å². The average molecular weight is 306 g/mol. The molecule has 0 aliphatic heterocycles. The highest BCUT2D eigenvalue weighted by Gasteiger charge is 2.20. The second-order valence-corrected chi connectivity index (χ2v) is 4.96. The summed E-state index contributed by atoms with van der Waals surface area (Å²) in [5.41, 5.74) is 0.474. The number of amides is 1. The summed E-state index contributed by atoms with van der Waals surface area (Å²) in [5, 5.41) is 25.7. The van der Waals surface area contributed by atoms with E-state index in [0.29, 0.717) is 5.56 Å². The number of carboxylic acid groups (broad SMARTS) is 1.